The Morgan fingerprint density at radius 1 is 1.23 bits per heavy atom. The number of nitrogens with zero attached hydrogens (tertiary/aromatic N) is 2. The summed E-state index contributed by atoms with van der Waals surface area (Å²) in [6.07, 6.45) is 0. The Balaban J connectivity index is 1.81. The second-order valence-corrected chi connectivity index (χ2v) is 7.60. The lowest BCUT2D eigenvalue weighted by atomic mass is 10.1. The zero-order valence-electron chi connectivity index (χ0n) is 14.6. The van der Waals surface area contributed by atoms with Crippen LogP contribution in [0.1, 0.15) is 17.3 Å². The van der Waals surface area contributed by atoms with Crippen LogP contribution >= 0.6 is 27.5 Å². The number of carbonyl (C=O) groups excluding carboxylic acids is 1. The molecule has 0 aliphatic carbocycles. The minimum Gasteiger partial charge on any atom is -0.397 e. The Morgan fingerprint density at radius 3 is 2.62 bits per heavy atom. The highest BCUT2D eigenvalue weighted by Gasteiger charge is 2.20. The molecule has 1 aliphatic heterocycles. The first kappa shape index (κ1) is 19.0. The highest BCUT2D eigenvalue weighted by molar-refractivity contribution is 9.10. The monoisotopic (exact) mass is 436 g/mol. The summed E-state index contributed by atoms with van der Waals surface area (Å²) in [7, 11) is 0. The molecular formula is C19H22BrClN4O. The number of benzene rings is 2. The largest absolute Gasteiger partial charge is 0.397 e. The number of nitrogen functional groups attached to an aromatic ring is 1. The molecule has 0 aromatic heterocycles. The number of halogens is 2. The summed E-state index contributed by atoms with van der Waals surface area (Å²) in [5, 5.41) is 3.33. The van der Waals surface area contributed by atoms with Crippen LogP contribution in [0.3, 0.4) is 0 Å². The first-order valence-electron chi connectivity index (χ1n) is 8.61. The molecule has 0 atom stereocenters. The van der Waals surface area contributed by atoms with Gasteiger partial charge in [-0.2, -0.15) is 0 Å². The van der Waals surface area contributed by atoms with Crippen molar-refractivity contribution in [3.8, 4) is 0 Å². The van der Waals surface area contributed by atoms with Gasteiger partial charge in [0.05, 0.1) is 22.1 Å². The number of amides is 1. The van der Waals surface area contributed by atoms with Gasteiger partial charge in [-0.15, -0.1) is 0 Å². The highest BCUT2D eigenvalue weighted by atomic mass is 79.9. The van der Waals surface area contributed by atoms with Crippen LogP contribution in [0.2, 0.25) is 5.02 Å². The number of likely N-dealkylation sites (N-methyl/N-ethyl adjacent to an activating group) is 1. The normalized spacial score (nSPS) is 15.1. The fraction of sp³-hybridized carbons (Fsp3) is 0.316. The maximum atomic E-state index is 12.5. The van der Waals surface area contributed by atoms with Gasteiger partial charge in [-0.1, -0.05) is 40.5 Å². The summed E-state index contributed by atoms with van der Waals surface area (Å²) in [5.74, 6) is -0.209. The van der Waals surface area contributed by atoms with E-state index in [0.717, 1.165) is 42.9 Å². The molecule has 0 saturated carbocycles. The summed E-state index contributed by atoms with van der Waals surface area (Å²) >= 11 is 9.70. The van der Waals surface area contributed by atoms with Crippen LogP contribution in [0.5, 0.6) is 0 Å². The number of anilines is 3. The van der Waals surface area contributed by atoms with E-state index in [1.54, 1.807) is 18.2 Å². The van der Waals surface area contributed by atoms with Crippen molar-refractivity contribution in [2.75, 3.05) is 48.7 Å². The Kier molecular flexibility index (Phi) is 6.06. The van der Waals surface area contributed by atoms with Crippen molar-refractivity contribution in [2.45, 2.75) is 6.92 Å². The minimum absolute atomic E-state index is 0.209. The number of nitrogens with one attached hydrogen (secondary N) is 1. The van der Waals surface area contributed by atoms with E-state index in [9.17, 15) is 4.79 Å². The van der Waals surface area contributed by atoms with E-state index >= 15 is 0 Å². The molecule has 0 radical (unpaired) electrons. The van der Waals surface area contributed by atoms with Crippen LogP contribution in [0.15, 0.2) is 40.9 Å². The molecule has 0 unspecified atom stereocenters. The third kappa shape index (κ3) is 4.31. The van der Waals surface area contributed by atoms with E-state index in [0.29, 0.717) is 22.0 Å². The quantitative estimate of drug-likeness (QED) is 0.708. The van der Waals surface area contributed by atoms with Gasteiger partial charge in [0.1, 0.15) is 0 Å². The molecule has 7 heteroatoms. The van der Waals surface area contributed by atoms with E-state index in [-0.39, 0.29) is 5.91 Å². The van der Waals surface area contributed by atoms with Crippen molar-refractivity contribution >= 4 is 50.5 Å². The average molecular weight is 438 g/mol. The fourth-order valence-corrected chi connectivity index (χ4v) is 3.69. The summed E-state index contributed by atoms with van der Waals surface area (Å²) in [5.41, 5.74) is 8.86. The number of rotatable bonds is 4. The van der Waals surface area contributed by atoms with Crippen LogP contribution in [0.4, 0.5) is 17.1 Å². The first-order valence-corrected chi connectivity index (χ1v) is 9.78. The maximum absolute atomic E-state index is 12.5. The van der Waals surface area contributed by atoms with Crippen molar-refractivity contribution < 1.29 is 4.79 Å². The van der Waals surface area contributed by atoms with E-state index in [2.05, 4.69) is 38.0 Å². The van der Waals surface area contributed by atoms with Gasteiger partial charge in [-0.05, 0) is 36.9 Å². The molecule has 3 rings (SSSR count). The Bertz CT molecular complexity index is 806. The van der Waals surface area contributed by atoms with Gasteiger partial charge in [0.25, 0.3) is 5.91 Å². The van der Waals surface area contributed by atoms with E-state index in [1.165, 1.54) is 0 Å². The number of nitrogens with two attached hydrogens (primary N) is 1. The van der Waals surface area contributed by atoms with Crippen LogP contribution in [-0.4, -0.2) is 43.5 Å². The molecule has 1 amide bonds. The summed E-state index contributed by atoms with van der Waals surface area (Å²) < 4.78 is 0.850. The highest BCUT2D eigenvalue weighted by Crippen LogP contribution is 2.34. The lowest BCUT2D eigenvalue weighted by molar-refractivity contribution is 0.102. The average Bonchev–Trinajstić information content (AvgIpc) is 2.64. The summed E-state index contributed by atoms with van der Waals surface area (Å²) in [6, 6.07) is 10.8. The Morgan fingerprint density at radius 2 is 1.96 bits per heavy atom. The lowest BCUT2D eigenvalue weighted by Crippen LogP contribution is -2.46. The van der Waals surface area contributed by atoms with Crippen LogP contribution < -0.4 is 16.0 Å². The van der Waals surface area contributed by atoms with Crippen LogP contribution in [-0.2, 0) is 0 Å². The van der Waals surface area contributed by atoms with Gasteiger partial charge in [-0.25, -0.2) is 0 Å². The topological polar surface area (TPSA) is 61.6 Å². The van der Waals surface area contributed by atoms with Gasteiger partial charge in [0.2, 0.25) is 0 Å². The van der Waals surface area contributed by atoms with Crippen molar-refractivity contribution in [2.24, 2.45) is 0 Å². The molecule has 1 fully saturated rings. The molecule has 138 valence electrons. The third-order valence-corrected chi connectivity index (χ3v) is 5.42. The molecule has 3 N–H and O–H groups in total. The number of hydrogen-bond acceptors (Lipinski definition) is 4. The van der Waals surface area contributed by atoms with Crippen molar-refractivity contribution in [3.05, 3.63) is 51.5 Å². The second kappa shape index (κ2) is 8.29. The van der Waals surface area contributed by atoms with Gasteiger partial charge >= 0.3 is 0 Å². The van der Waals surface area contributed by atoms with E-state index in [4.69, 9.17) is 17.3 Å². The van der Waals surface area contributed by atoms with Crippen molar-refractivity contribution in [1.29, 1.82) is 0 Å². The van der Waals surface area contributed by atoms with Gasteiger partial charge < -0.3 is 20.9 Å². The molecule has 1 aliphatic rings. The van der Waals surface area contributed by atoms with Crippen molar-refractivity contribution in [3.63, 3.8) is 0 Å². The number of piperazine rings is 1. The Labute approximate surface area is 167 Å². The molecule has 0 spiro atoms. The number of hydrogen-bond donors (Lipinski definition) is 2. The predicted molar refractivity (Wildman–Crippen MR) is 112 cm³/mol. The summed E-state index contributed by atoms with van der Waals surface area (Å²) in [6.45, 7) is 7.02. The number of carbonyl (C=O) groups is 1. The SMILES string of the molecule is CCN1CCN(c2cc(NC(=O)c3cccc(Br)c3)c(Cl)cc2N)CC1. The van der Waals surface area contributed by atoms with Crippen LogP contribution in [0.25, 0.3) is 0 Å². The molecule has 26 heavy (non-hydrogen) atoms. The zero-order valence-corrected chi connectivity index (χ0v) is 17.0. The standard InChI is InChI=1S/C19H22BrClN4O/c1-2-24-6-8-25(9-7-24)18-12-17(15(21)11-16(18)22)23-19(26)13-4-3-5-14(20)10-13/h3-5,10-12H,2,6-9,22H2,1H3,(H,23,26). The van der Waals surface area contributed by atoms with E-state index < -0.39 is 0 Å². The fourth-order valence-electron chi connectivity index (χ4n) is 3.08. The molecule has 1 saturated heterocycles. The van der Waals surface area contributed by atoms with Gasteiger partial charge in [0, 0.05) is 36.2 Å². The second-order valence-electron chi connectivity index (χ2n) is 6.28. The minimum atomic E-state index is -0.209. The van der Waals surface area contributed by atoms with Gasteiger partial charge in [-0.3, -0.25) is 4.79 Å². The molecule has 0 bridgehead atoms. The van der Waals surface area contributed by atoms with E-state index in [1.807, 2.05) is 18.2 Å². The lowest BCUT2D eigenvalue weighted by Gasteiger charge is -2.36. The van der Waals surface area contributed by atoms with Crippen LogP contribution in [0, 0.1) is 0 Å². The molecule has 2 aromatic carbocycles. The van der Waals surface area contributed by atoms with Crippen molar-refractivity contribution in [1.82, 2.24) is 4.90 Å². The maximum Gasteiger partial charge on any atom is 0.255 e. The summed E-state index contributed by atoms with van der Waals surface area (Å²) in [4.78, 5) is 17.2. The smallest absolute Gasteiger partial charge is 0.255 e. The molecule has 5 nitrogen and oxygen atoms in total. The first-order chi connectivity index (χ1) is 12.5. The molecule has 1 heterocycles. The third-order valence-electron chi connectivity index (χ3n) is 4.61. The Hall–Kier alpha value is -1.76. The molecule has 2 aromatic rings. The predicted octanol–water partition coefficient (Wildman–Crippen LogP) is 4.08. The zero-order chi connectivity index (χ0) is 18.7. The molecular weight excluding hydrogens is 416 g/mol. The van der Waals surface area contributed by atoms with Gasteiger partial charge in [0.15, 0.2) is 0 Å².